The molecule has 0 bridgehead atoms. The van der Waals surface area contributed by atoms with Crippen LogP contribution >= 0.6 is 0 Å². The van der Waals surface area contributed by atoms with E-state index in [1.54, 1.807) is 25.1 Å². The number of hydrogen-bond donors (Lipinski definition) is 2. The molecule has 2 heterocycles. The number of para-hydroxylation sites is 1. The van der Waals surface area contributed by atoms with E-state index in [1.807, 2.05) is 32.0 Å². The van der Waals surface area contributed by atoms with Gasteiger partial charge in [-0.25, -0.2) is 13.4 Å². The van der Waals surface area contributed by atoms with Crippen LogP contribution in [0.1, 0.15) is 60.8 Å². The molecule has 0 atom stereocenters. The smallest absolute Gasteiger partial charge is 0.255 e. The first-order valence-electron chi connectivity index (χ1n) is 11.2. The summed E-state index contributed by atoms with van der Waals surface area (Å²) in [6, 6.07) is 12.1. The normalized spacial score (nSPS) is 15.0. The number of aromatic nitrogens is 3. The van der Waals surface area contributed by atoms with Crippen LogP contribution < -0.4 is 5.32 Å². The van der Waals surface area contributed by atoms with Crippen LogP contribution in [0.25, 0.3) is 11.4 Å². The van der Waals surface area contributed by atoms with E-state index in [1.165, 1.54) is 10.4 Å². The van der Waals surface area contributed by atoms with Gasteiger partial charge in [-0.3, -0.25) is 9.89 Å². The number of hydrogen-bond acceptors (Lipinski definition) is 5. The van der Waals surface area contributed by atoms with Crippen molar-refractivity contribution in [1.82, 2.24) is 19.5 Å². The highest BCUT2D eigenvalue weighted by Crippen LogP contribution is 2.28. The lowest BCUT2D eigenvalue weighted by Gasteiger charge is -2.26. The number of nitrogens with zero attached hydrogens (tertiary/aromatic N) is 3. The molecule has 1 saturated heterocycles. The number of anilines is 1. The highest BCUT2D eigenvalue weighted by Gasteiger charge is 2.28. The zero-order valence-corrected chi connectivity index (χ0v) is 19.9. The Bertz CT molecular complexity index is 1260. The molecule has 0 radical (unpaired) electrons. The molecule has 2 aromatic carbocycles. The van der Waals surface area contributed by atoms with Crippen molar-refractivity contribution in [3.05, 3.63) is 59.4 Å². The summed E-state index contributed by atoms with van der Waals surface area (Å²) < 4.78 is 27.9. The fourth-order valence-corrected chi connectivity index (χ4v) is 5.67. The first-order chi connectivity index (χ1) is 15.8. The van der Waals surface area contributed by atoms with Gasteiger partial charge < -0.3 is 5.32 Å². The standard InChI is InChI=1S/C24H29N5O3S/c1-16(2)22-26-23(28-27-22)19-9-5-6-10-20(19)25-24(30)18-12-11-17(3)21(15-18)33(31,32)29-13-7-4-8-14-29/h5-6,9-12,15-16H,4,7-8,13-14H2,1-3H3,(H,25,30)(H,26,27,28). The maximum absolute atomic E-state index is 13.2. The van der Waals surface area contributed by atoms with Gasteiger partial charge >= 0.3 is 0 Å². The summed E-state index contributed by atoms with van der Waals surface area (Å²) in [6.07, 6.45) is 2.75. The third-order valence-corrected chi connectivity index (χ3v) is 7.89. The molecule has 0 aliphatic carbocycles. The number of rotatable bonds is 6. The largest absolute Gasteiger partial charge is 0.321 e. The summed E-state index contributed by atoms with van der Waals surface area (Å²) in [5.41, 5.74) is 2.14. The second-order valence-corrected chi connectivity index (χ2v) is 10.6. The summed E-state index contributed by atoms with van der Waals surface area (Å²) in [5, 5.41) is 10.1. The lowest BCUT2D eigenvalue weighted by molar-refractivity contribution is 0.102. The van der Waals surface area contributed by atoms with Crippen molar-refractivity contribution in [2.75, 3.05) is 18.4 Å². The number of piperidine rings is 1. The van der Waals surface area contributed by atoms with Crippen LogP contribution in [-0.2, 0) is 10.0 Å². The molecule has 1 aliphatic heterocycles. The molecular weight excluding hydrogens is 438 g/mol. The molecule has 1 aliphatic rings. The quantitative estimate of drug-likeness (QED) is 0.561. The maximum Gasteiger partial charge on any atom is 0.255 e. The molecule has 8 nitrogen and oxygen atoms in total. The molecule has 2 N–H and O–H groups in total. The van der Waals surface area contributed by atoms with Gasteiger partial charge in [-0.15, -0.1) is 0 Å². The molecule has 0 saturated carbocycles. The number of aromatic amines is 1. The van der Waals surface area contributed by atoms with E-state index in [0.29, 0.717) is 35.7 Å². The molecule has 33 heavy (non-hydrogen) atoms. The monoisotopic (exact) mass is 467 g/mol. The number of benzene rings is 2. The van der Waals surface area contributed by atoms with Crippen LogP contribution in [-0.4, -0.2) is 46.9 Å². The van der Waals surface area contributed by atoms with Crippen molar-refractivity contribution in [1.29, 1.82) is 0 Å². The zero-order valence-electron chi connectivity index (χ0n) is 19.1. The fraction of sp³-hybridized carbons (Fsp3) is 0.375. The van der Waals surface area contributed by atoms with Gasteiger partial charge in [-0.1, -0.05) is 38.5 Å². The number of H-pyrrole nitrogens is 1. The van der Waals surface area contributed by atoms with Gasteiger partial charge in [0.2, 0.25) is 10.0 Å². The molecular formula is C24H29N5O3S. The van der Waals surface area contributed by atoms with Crippen LogP contribution in [0.3, 0.4) is 0 Å². The van der Waals surface area contributed by atoms with E-state index in [9.17, 15) is 13.2 Å². The zero-order chi connectivity index (χ0) is 23.6. The minimum Gasteiger partial charge on any atom is -0.321 e. The van der Waals surface area contributed by atoms with Crippen LogP contribution in [0.4, 0.5) is 5.69 Å². The molecule has 1 amide bonds. The molecule has 0 spiro atoms. The van der Waals surface area contributed by atoms with Gasteiger partial charge in [0, 0.05) is 30.1 Å². The van der Waals surface area contributed by atoms with Gasteiger partial charge in [0.05, 0.1) is 10.6 Å². The van der Waals surface area contributed by atoms with Crippen molar-refractivity contribution in [3.8, 4) is 11.4 Å². The molecule has 4 rings (SSSR count). The van der Waals surface area contributed by atoms with E-state index in [2.05, 4.69) is 20.5 Å². The lowest BCUT2D eigenvalue weighted by atomic mass is 10.1. The number of amides is 1. The highest BCUT2D eigenvalue weighted by molar-refractivity contribution is 7.89. The predicted molar refractivity (Wildman–Crippen MR) is 128 cm³/mol. The number of sulfonamides is 1. The predicted octanol–water partition coefficient (Wildman–Crippen LogP) is 4.33. The van der Waals surface area contributed by atoms with Crippen LogP contribution in [0, 0.1) is 6.92 Å². The molecule has 3 aromatic rings. The minimum absolute atomic E-state index is 0.181. The molecule has 1 fully saturated rings. The Kier molecular flexibility index (Phi) is 6.62. The molecule has 1 aromatic heterocycles. The van der Waals surface area contributed by atoms with Crippen molar-refractivity contribution >= 4 is 21.6 Å². The lowest BCUT2D eigenvalue weighted by Crippen LogP contribution is -2.36. The SMILES string of the molecule is Cc1ccc(C(=O)Nc2ccccc2-c2n[nH]c(C(C)C)n2)cc1S(=O)(=O)N1CCCCC1. The Morgan fingerprint density at radius 3 is 2.52 bits per heavy atom. The van der Waals surface area contributed by atoms with Crippen molar-refractivity contribution in [2.45, 2.75) is 50.8 Å². The number of carbonyl (C=O) groups excluding carboxylic acids is 1. The summed E-state index contributed by atoms with van der Waals surface area (Å²) >= 11 is 0. The Morgan fingerprint density at radius 1 is 1.09 bits per heavy atom. The maximum atomic E-state index is 13.2. The van der Waals surface area contributed by atoms with E-state index in [4.69, 9.17) is 0 Å². The fourth-order valence-electron chi connectivity index (χ4n) is 3.90. The Morgan fingerprint density at radius 2 is 1.82 bits per heavy atom. The summed E-state index contributed by atoms with van der Waals surface area (Å²) in [7, 11) is -3.65. The van der Waals surface area contributed by atoms with Gasteiger partial charge in [0.15, 0.2) is 5.82 Å². The van der Waals surface area contributed by atoms with E-state index >= 15 is 0 Å². The first kappa shape index (κ1) is 23.1. The highest BCUT2D eigenvalue weighted by atomic mass is 32.2. The number of carbonyl (C=O) groups is 1. The van der Waals surface area contributed by atoms with Crippen LogP contribution in [0.2, 0.25) is 0 Å². The third kappa shape index (κ3) is 4.84. The third-order valence-electron chi connectivity index (χ3n) is 5.85. The van der Waals surface area contributed by atoms with E-state index < -0.39 is 15.9 Å². The summed E-state index contributed by atoms with van der Waals surface area (Å²) in [6.45, 7) is 6.82. The number of nitrogens with one attached hydrogen (secondary N) is 2. The van der Waals surface area contributed by atoms with Crippen molar-refractivity contribution in [2.24, 2.45) is 0 Å². The Labute approximate surface area is 194 Å². The first-order valence-corrected chi connectivity index (χ1v) is 12.6. The average molecular weight is 468 g/mol. The number of aryl methyl sites for hydroxylation is 1. The van der Waals surface area contributed by atoms with Crippen LogP contribution in [0.5, 0.6) is 0 Å². The molecule has 0 unspecified atom stereocenters. The van der Waals surface area contributed by atoms with Gasteiger partial charge in [0.1, 0.15) is 5.82 Å². The molecule has 174 valence electrons. The summed E-state index contributed by atoms with van der Waals surface area (Å²) in [5.74, 6) is 1.06. The van der Waals surface area contributed by atoms with Gasteiger partial charge in [-0.2, -0.15) is 9.40 Å². The molecule has 9 heteroatoms. The minimum atomic E-state index is -3.65. The van der Waals surface area contributed by atoms with Crippen molar-refractivity contribution in [3.63, 3.8) is 0 Å². The Balaban J connectivity index is 1.62. The average Bonchev–Trinajstić information content (AvgIpc) is 3.31. The van der Waals surface area contributed by atoms with Gasteiger partial charge in [-0.05, 0) is 49.6 Å². The van der Waals surface area contributed by atoms with E-state index in [0.717, 1.165) is 25.1 Å². The second kappa shape index (κ2) is 9.44. The Hall–Kier alpha value is -3.04. The van der Waals surface area contributed by atoms with E-state index in [-0.39, 0.29) is 16.4 Å². The van der Waals surface area contributed by atoms with Gasteiger partial charge in [0.25, 0.3) is 5.91 Å². The second-order valence-electron chi connectivity index (χ2n) is 8.64. The van der Waals surface area contributed by atoms with Crippen LogP contribution in [0.15, 0.2) is 47.4 Å². The summed E-state index contributed by atoms with van der Waals surface area (Å²) in [4.78, 5) is 17.8. The topological polar surface area (TPSA) is 108 Å². The van der Waals surface area contributed by atoms with Crippen molar-refractivity contribution < 1.29 is 13.2 Å².